The molecule has 0 saturated heterocycles. The van der Waals surface area contributed by atoms with Crippen LogP contribution in [0.25, 0.3) is 0 Å². The number of benzene rings is 1. The van der Waals surface area contributed by atoms with Crippen LogP contribution in [0.4, 0.5) is 14.9 Å². The number of urea groups is 1. The molecule has 110 valence electrons. The van der Waals surface area contributed by atoms with Crippen molar-refractivity contribution in [3.63, 3.8) is 0 Å². The van der Waals surface area contributed by atoms with Crippen molar-refractivity contribution in [1.29, 1.82) is 0 Å². The maximum absolute atomic E-state index is 13.5. The van der Waals surface area contributed by atoms with Crippen LogP contribution in [0.1, 0.15) is 16.5 Å². The van der Waals surface area contributed by atoms with Gasteiger partial charge in [-0.3, -0.25) is 0 Å². The summed E-state index contributed by atoms with van der Waals surface area (Å²) in [5.74, 6) is -1.77. The summed E-state index contributed by atoms with van der Waals surface area (Å²) in [6.45, 7) is 1.76. The zero-order valence-electron chi connectivity index (χ0n) is 11.1. The summed E-state index contributed by atoms with van der Waals surface area (Å²) in [6, 6.07) is 5.63. The van der Waals surface area contributed by atoms with Crippen LogP contribution < -0.4 is 10.6 Å². The molecule has 7 heteroatoms. The molecule has 1 unspecified atom stereocenters. The van der Waals surface area contributed by atoms with Gasteiger partial charge in [0.2, 0.25) is 0 Å². The van der Waals surface area contributed by atoms with E-state index >= 15 is 0 Å². The Balaban J connectivity index is 2.10. The summed E-state index contributed by atoms with van der Waals surface area (Å²) in [5, 5.41) is 15.5. The first-order chi connectivity index (χ1) is 9.97. The minimum Gasteiger partial charge on any atom is -0.479 e. The molecule has 1 heterocycles. The van der Waals surface area contributed by atoms with Crippen LogP contribution in [-0.2, 0) is 4.79 Å². The minimum absolute atomic E-state index is 0.00261. The largest absolute Gasteiger partial charge is 0.479 e. The number of thiophene rings is 1. The van der Waals surface area contributed by atoms with E-state index in [1.807, 2.05) is 0 Å². The first kappa shape index (κ1) is 15.0. The Morgan fingerprint density at radius 1 is 1.33 bits per heavy atom. The van der Waals surface area contributed by atoms with Crippen molar-refractivity contribution >= 4 is 29.0 Å². The van der Waals surface area contributed by atoms with Gasteiger partial charge >= 0.3 is 12.0 Å². The van der Waals surface area contributed by atoms with E-state index in [9.17, 15) is 14.0 Å². The number of aryl methyl sites for hydroxylation is 1. The molecule has 2 rings (SSSR count). The smallest absolute Gasteiger partial charge is 0.331 e. The number of carboxylic acids is 1. The average Bonchev–Trinajstić information content (AvgIpc) is 2.93. The molecule has 21 heavy (non-hydrogen) atoms. The van der Waals surface area contributed by atoms with Crippen molar-refractivity contribution in [2.24, 2.45) is 0 Å². The molecule has 1 aromatic carbocycles. The van der Waals surface area contributed by atoms with E-state index < -0.39 is 23.9 Å². The highest BCUT2D eigenvalue weighted by Crippen LogP contribution is 2.20. The van der Waals surface area contributed by atoms with Gasteiger partial charge in [-0.15, -0.1) is 11.3 Å². The topological polar surface area (TPSA) is 78.4 Å². The molecule has 3 N–H and O–H groups in total. The Kier molecular flexibility index (Phi) is 4.54. The highest BCUT2D eigenvalue weighted by molar-refractivity contribution is 7.10. The van der Waals surface area contributed by atoms with Crippen LogP contribution in [0.5, 0.6) is 0 Å². The van der Waals surface area contributed by atoms with Gasteiger partial charge in [0, 0.05) is 4.88 Å². The number of rotatable bonds is 4. The van der Waals surface area contributed by atoms with E-state index in [1.165, 1.54) is 23.5 Å². The van der Waals surface area contributed by atoms with E-state index in [2.05, 4.69) is 10.6 Å². The predicted octanol–water partition coefficient (Wildman–Crippen LogP) is 3.14. The summed E-state index contributed by atoms with van der Waals surface area (Å²) in [5.41, 5.74) is 0.780. The van der Waals surface area contributed by atoms with Crippen LogP contribution in [-0.4, -0.2) is 17.1 Å². The molecule has 0 aliphatic carbocycles. The molecule has 0 radical (unpaired) electrons. The minimum atomic E-state index is -1.18. The van der Waals surface area contributed by atoms with Gasteiger partial charge in [0.25, 0.3) is 0 Å². The fourth-order valence-corrected chi connectivity index (χ4v) is 2.50. The number of aliphatic carboxylic acids is 1. The average molecular weight is 308 g/mol. The Morgan fingerprint density at radius 3 is 2.71 bits per heavy atom. The quantitative estimate of drug-likeness (QED) is 0.812. The number of carbonyl (C=O) groups excluding carboxylic acids is 1. The van der Waals surface area contributed by atoms with E-state index in [4.69, 9.17) is 5.11 Å². The van der Waals surface area contributed by atoms with Gasteiger partial charge in [-0.05, 0) is 36.1 Å². The summed E-state index contributed by atoms with van der Waals surface area (Å²) in [7, 11) is 0. The van der Waals surface area contributed by atoms with E-state index in [0.717, 1.165) is 5.56 Å². The van der Waals surface area contributed by atoms with Gasteiger partial charge in [0.1, 0.15) is 5.82 Å². The van der Waals surface area contributed by atoms with Gasteiger partial charge in [-0.25, -0.2) is 14.0 Å². The summed E-state index contributed by atoms with van der Waals surface area (Å²) < 4.78 is 13.5. The number of hydrogen-bond donors (Lipinski definition) is 3. The second kappa shape index (κ2) is 6.36. The third-order valence-corrected chi connectivity index (χ3v) is 3.66. The van der Waals surface area contributed by atoms with Gasteiger partial charge in [0.15, 0.2) is 6.04 Å². The lowest BCUT2D eigenvalue weighted by Crippen LogP contribution is -2.36. The highest BCUT2D eigenvalue weighted by Gasteiger charge is 2.23. The Labute approximate surface area is 124 Å². The number of carboxylic acid groups (broad SMARTS) is 1. The van der Waals surface area contributed by atoms with Crippen molar-refractivity contribution < 1.29 is 19.1 Å². The van der Waals surface area contributed by atoms with Crippen LogP contribution in [0.15, 0.2) is 35.7 Å². The number of carbonyl (C=O) groups is 2. The molecule has 0 bridgehead atoms. The van der Waals surface area contributed by atoms with Gasteiger partial charge in [-0.2, -0.15) is 0 Å². The second-order valence-corrected chi connectivity index (χ2v) is 5.35. The zero-order valence-corrected chi connectivity index (χ0v) is 11.9. The predicted molar refractivity (Wildman–Crippen MR) is 78.0 cm³/mol. The molecule has 2 aromatic rings. The Morgan fingerprint density at radius 2 is 2.10 bits per heavy atom. The molecule has 5 nitrogen and oxygen atoms in total. The molecular weight excluding hydrogens is 295 g/mol. The number of amides is 2. The first-order valence-corrected chi connectivity index (χ1v) is 6.95. The van der Waals surface area contributed by atoms with Crippen LogP contribution in [0.3, 0.4) is 0 Å². The highest BCUT2D eigenvalue weighted by atomic mass is 32.1. The molecular formula is C14H13FN2O3S. The standard InChI is InChI=1S/C14H13FN2O3S/c1-8-4-5-9(15)10(7-8)16-14(20)17-12(13(18)19)11-3-2-6-21-11/h2-7,12H,1H3,(H,18,19)(H2,16,17,20). The fraction of sp³-hybridized carbons (Fsp3) is 0.143. The lowest BCUT2D eigenvalue weighted by atomic mass is 10.2. The number of nitrogens with one attached hydrogen (secondary N) is 2. The van der Waals surface area contributed by atoms with Crippen molar-refractivity contribution in [3.05, 3.63) is 52.0 Å². The lowest BCUT2D eigenvalue weighted by Gasteiger charge is -2.14. The number of hydrogen-bond acceptors (Lipinski definition) is 3. The molecule has 1 aromatic heterocycles. The summed E-state index contributed by atoms with van der Waals surface area (Å²) in [4.78, 5) is 23.5. The molecule has 0 aliphatic heterocycles. The van der Waals surface area contributed by atoms with Gasteiger partial charge in [0.05, 0.1) is 5.69 Å². The van der Waals surface area contributed by atoms with E-state index in [1.54, 1.807) is 30.5 Å². The molecule has 1 atom stereocenters. The summed E-state index contributed by atoms with van der Waals surface area (Å²) in [6.07, 6.45) is 0. The van der Waals surface area contributed by atoms with Gasteiger partial charge < -0.3 is 15.7 Å². The maximum Gasteiger partial charge on any atom is 0.331 e. The molecule has 0 aliphatic rings. The van der Waals surface area contributed by atoms with Crippen LogP contribution in [0, 0.1) is 12.7 Å². The normalized spacial score (nSPS) is 11.7. The summed E-state index contributed by atoms with van der Waals surface area (Å²) >= 11 is 1.22. The van der Waals surface area contributed by atoms with Crippen LogP contribution >= 0.6 is 11.3 Å². The SMILES string of the molecule is Cc1ccc(F)c(NC(=O)NC(C(=O)O)c2cccs2)c1. The van der Waals surface area contributed by atoms with Crippen molar-refractivity contribution in [2.45, 2.75) is 13.0 Å². The molecule has 0 spiro atoms. The third kappa shape index (κ3) is 3.79. The third-order valence-electron chi connectivity index (χ3n) is 2.72. The van der Waals surface area contributed by atoms with Crippen molar-refractivity contribution in [1.82, 2.24) is 5.32 Å². The maximum atomic E-state index is 13.5. The van der Waals surface area contributed by atoms with Crippen molar-refractivity contribution in [3.8, 4) is 0 Å². The van der Waals surface area contributed by atoms with Crippen LogP contribution in [0.2, 0.25) is 0 Å². The molecule has 0 fully saturated rings. The number of halogens is 1. The first-order valence-electron chi connectivity index (χ1n) is 6.07. The Hall–Kier alpha value is -2.41. The van der Waals surface area contributed by atoms with Gasteiger partial charge in [-0.1, -0.05) is 12.1 Å². The fourth-order valence-electron chi connectivity index (χ4n) is 1.73. The van der Waals surface area contributed by atoms with E-state index in [-0.39, 0.29) is 5.69 Å². The van der Waals surface area contributed by atoms with E-state index in [0.29, 0.717) is 4.88 Å². The zero-order chi connectivity index (χ0) is 15.4. The molecule has 2 amide bonds. The van der Waals surface area contributed by atoms with Crippen molar-refractivity contribution in [2.75, 3.05) is 5.32 Å². The Bertz CT molecular complexity index is 658. The lowest BCUT2D eigenvalue weighted by molar-refractivity contribution is -0.139. The monoisotopic (exact) mass is 308 g/mol. The molecule has 0 saturated carbocycles. The number of anilines is 1. The second-order valence-electron chi connectivity index (χ2n) is 4.37.